The fourth-order valence-corrected chi connectivity index (χ4v) is 2.16. The maximum absolute atomic E-state index is 12.2. The third kappa shape index (κ3) is 2.60. The molecule has 17 heavy (non-hydrogen) atoms. The predicted octanol–water partition coefficient (Wildman–Crippen LogP) is 0.825. The zero-order valence-electron chi connectivity index (χ0n) is 10.8. The number of carboxylic acid groups (broad SMARTS) is 1. The molecule has 1 unspecified atom stereocenters. The summed E-state index contributed by atoms with van der Waals surface area (Å²) in [5, 5.41) is 9.30. The summed E-state index contributed by atoms with van der Waals surface area (Å²) in [5.74, 6) is -1.17. The fraction of sp³-hybridized carbons (Fsp3) is 0.833. The topological polar surface area (TPSA) is 83.6 Å². The van der Waals surface area contributed by atoms with E-state index in [9.17, 15) is 14.7 Å². The summed E-state index contributed by atoms with van der Waals surface area (Å²) >= 11 is 0. The van der Waals surface area contributed by atoms with E-state index in [1.807, 2.05) is 13.8 Å². The monoisotopic (exact) mass is 242 g/mol. The van der Waals surface area contributed by atoms with Crippen LogP contribution in [-0.2, 0) is 9.59 Å². The van der Waals surface area contributed by atoms with Gasteiger partial charge >= 0.3 is 5.97 Å². The number of hydrogen-bond acceptors (Lipinski definition) is 3. The molecule has 3 N–H and O–H groups in total. The molecule has 5 heteroatoms. The minimum atomic E-state index is -1.10. The van der Waals surface area contributed by atoms with Crippen molar-refractivity contribution >= 4 is 11.9 Å². The maximum Gasteiger partial charge on any atom is 0.329 e. The van der Waals surface area contributed by atoms with E-state index in [-0.39, 0.29) is 11.8 Å². The standard InChI is InChI=1S/C12H22N2O3/c1-8(2)9(13)10(15)14-7-5-4-6-12(14,3)11(16)17/h8-9H,4-7,13H2,1-3H3,(H,16,17)/t9-,12?/m1/s1. The predicted molar refractivity (Wildman–Crippen MR) is 64.4 cm³/mol. The lowest BCUT2D eigenvalue weighted by Gasteiger charge is -2.43. The second-order valence-electron chi connectivity index (χ2n) is 5.30. The molecule has 0 aromatic heterocycles. The number of aliphatic carboxylic acids is 1. The van der Waals surface area contributed by atoms with Gasteiger partial charge in [-0.15, -0.1) is 0 Å². The van der Waals surface area contributed by atoms with Crippen molar-refractivity contribution < 1.29 is 14.7 Å². The lowest BCUT2D eigenvalue weighted by Crippen LogP contribution is -2.61. The van der Waals surface area contributed by atoms with E-state index in [0.29, 0.717) is 13.0 Å². The number of nitrogens with two attached hydrogens (primary N) is 1. The van der Waals surface area contributed by atoms with Gasteiger partial charge in [0.05, 0.1) is 6.04 Å². The van der Waals surface area contributed by atoms with Gasteiger partial charge in [-0.2, -0.15) is 0 Å². The Balaban J connectivity index is 2.93. The van der Waals surface area contributed by atoms with E-state index in [1.165, 1.54) is 4.90 Å². The second kappa shape index (κ2) is 5.04. The first-order valence-corrected chi connectivity index (χ1v) is 6.11. The van der Waals surface area contributed by atoms with Gasteiger partial charge in [0.25, 0.3) is 0 Å². The van der Waals surface area contributed by atoms with E-state index in [4.69, 9.17) is 5.73 Å². The van der Waals surface area contributed by atoms with Crippen LogP contribution in [0.25, 0.3) is 0 Å². The number of hydrogen-bond donors (Lipinski definition) is 2. The Morgan fingerprint density at radius 1 is 1.35 bits per heavy atom. The number of rotatable bonds is 3. The van der Waals surface area contributed by atoms with Crippen LogP contribution in [0.15, 0.2) is 0 Å². The maximum atomic E-state index is 12.2. The molecule has 0 radical (unpaired) electrons. The average molecular weight is 242 g/mol. The van der Waals surface area contributed by atoms with Gasteiger partial charge in [-0.05, 0) is 32.1 Å². The zero-order valence-corrected chi connectivity index (χ0v) is 10.8. The summed E-state index contributed by atoms with van der Waals surface area (Å²) in [4.78, 5) is 25.0. The van der Waals surface area contributed by atoms with Gasteiger partial charge in [0.1, 0.15) is 5.54 Å². The van der Waals surface area contributed by atoms with Gasteiger partial charge in [-0.3, -0.25) is 4.79 Å². The largest absolute Gasteiger partial charge is 0.480 e. The molecule has 0 spiro atoms. The molecule has 1 rings (SSSR count). The van der Waals surface area contributed by atoms with Crippen LogP contribution in [0.1, 0.15) is 40.0 Å². The highest BCUT2D eigenvalue weighted by molar-refractivity contribution is 5.89. The van der Waals surface area contributed by atoms with Crippen LogP contribution in [0.5, 0.6) is 0 Å². The highest BCUT2D eigenvalue weighted by atomic mass is 16.4. The van der Waals surface area contributed by atoms with Crippen molar-refractivity contribution in [3.63, 3.8) is 0 Å². The van der Waals surface area contributed by atoms with Crippen LogP contribution in [0, 0.1) is 5.92 Å². The number of carboxylic acids is 1. The Kier molecular flexibility index (Phi) is 4.14. The van der Waals surface area contributed by atoms with Crippen molar-refractivity contribution in [1.82, 2.24) is 4.90 Å². The van der Waals surface area contributed by atoms with Crippen LogP contribution in [-0.4, -0.2) is 40.0 Å². The quantitative estimate of drug-likeness (QED) is 0.767. The summed E-state index contributed by atoms with van der Waals surface area (Å²) in [5.41, 5.74) is 4.73. The second-order valence-corrected chi connectivity index (χ2v) is 5.30. The number of carbonyl (C=O) groups excluding carboxylic acids is 1. The van der Waals surface area contributed by atoms with Crippen molar-refractivity contribution in [3.05, 3.63) is 0 Å². The molecular weight excluding hydrogens is 220 g/mol. The summed E-state index contributed by atoms with van der Waals surface area (Å²) in [6.07, 6.45) is 2.18. The number of likely N-dealkylation sites (tertiary alicyclic amines) is 1. The van der Waals surface area contributed by atoms with Crippen molar-refractivity contribution in [2.24, 2.45) is 11.7 Å². The van der Waals surface area contributed by atoms with Gasteiger partial charge in [-0.25, -0.2) is 4.79 Å². The molecule has 1 amide bonds. The van der Waals surface area contributed by atoms with Crippen LogP contribution in [0.2, 0.25) is 0 Å². The van der Waals surface area contributed by atoms with Crippen molar-refractivity contribution in [3.8, 4) is 0 Å². The molecule has 1 aliphatic rings. The number of piperidine rings is 1. The van der Waals surface area contributed by atoms with E-state index in [1.54, 1.807) is 6.92 Å². The fourth-order valence-electron chi connectivity index (χ4n) is 2.16. The minimum Gasteiger partial charge on any atom is -0.480 e. The Bertz CT molecular complexity index is 317. The van der Waals surface area contributed by atoms with E-state index < -0.39 is 17.6 Å². The van der Waals surface area contributed by atoms with Crippen LogP contribution < -0.4 is 5.73 Å². The molecule has 1 fully saturated rings. The highest BCUT2D eigenvalue weighted by Crippen LogP contribution is 2.29. The Morgan fingerprint density at radius 2 is 1.94 bits per heavy atom. The normalized spacial score (nSPS) is 27.0. The minimum absolute atomic E-state index is 0.0162. The van der Waals surface area contributed by atoms with Gasteiger partial charge in [-0.1, -0.05) is 13.8 Å². The molecule has 0 aromatic rings. The van der Waals surface area contributed by atoms with E-state index >= 15 is 0 Å². The third-order valence-corrected chi connectivity index (χ3v) is 3.62. The molecule has 1 saturated heterocycles. The molecule has 1 heterocycles. The molecule has 2 atom stereocenters. The van der Waals surface area contributed by atoms with Crippen molar-refractivity contribution in [2.45, 2.75) is 51.6 Å². The van der Waals surface area contributed by atoms with Gasteiger partial charge in [0.2, 0.25) is 5.91 Å². The first-order valence-electron chi connectivity index (χ1n) is 6.11. The first-order chi connectivity index (χ1) is 7.80. The Hall–Kier alpha value is -1.10. The average Bonchev–Trinajstić information content (AvgIpc) is 2.27. The number of nitrogens with zero attached hydrogens (tertiary/aromatic N) is 1. The van der Waals surface area contributed by atoms with Crippen molar-refractivity contribution in [2.75, 3.05) is 6.54 Å². The number of carbonyl (C=O) groups is 2. The van der Waals surface area contributed by atoms with E-state index in [0.717, 1.165) is 12.8 Å². The lowest BCUT2D eigenvalue weighted by molar-refractivity contribution is -0.162. The first kappa shape index (κ1) is 14.0. The molecular formula is C12H22N2O3. The van der Waals surface area contributed by atoms with Crippen LogP contribution in [0.4, 0.5) is 0 Å². The van der Waals surface area contributed by atoms with Crippen LogP contribution in [0.3, 0.4) is 0 Å². The molecule has 0 bridgehead atoms. The molecule has 1 aliphatic heterocycles. The SMILES string of the molecule is CC(C)[C@@H](N)C(=O)N1CCCCC1(C)C(=O)O. The summed E-state index contributed by atoms with van der Waals surface area (Å²) < 4.78 is 0. The van der Waals surface area contributed by atoms with Gasteiger partial charge < -0.3 is 15.7 Å². The smallest absolute Gasteiger partial charge is 0.329 e. The van der Waals surface area contributed by atoms with Crippen LogP contribution >= 0.6 is 0 Å². The summed E-state index contributed by atoms with van der Waals surface area (Å²) in [6, 6.07) is -0.619. The number of amides is 1. The van der Waals surface area contributed by atoms with E-state index in [2.05, 4.69) is 0 Å². The zero-order chi connectivity index (χ0) is 13.2. The molecule has 98 valence electrons. The lowest BCUT2D eigenvalue weighted by atomic mass is 9.87. The van der Waals surface area contributed by atoms with Gasteiger partial charge in [0.15, 0.2) is 0 Å². The van der Waals surface area contributed by atoms with Gasteiger partial charge in [0, 0.05) is 6.54 Å². The third-order valence-electron chi connectivity index (χ3n) is 3.62. The molecule has 0 aliphatic carbocycles. The summed E-state index contributed by atoms with van der Waals surface area (Å²) in [6.45, 7) is 5.83. The summed E-state index contributed by atoms with van der Waals surface area (Å²) in [7, 11) is 0. The Labute approximate surface area is 102 Å². The molecule has 0 aromatic carbocycles. The Morgan fingerprint density at radius 3 is 2.41 bits per heavy atom. The molecule has 0 saturated carbocycles. The molecule has 5 nitrogen and oxygen atoms in total. The van der Waals surface area contributed by atoms with Crippen molar-refractivity contribution in [1.29, 1.82) is 0 Å². The highest BCUT2D eigenvalue weighted by Gasteiger charge is 2.45.